The van der Waals surface area contributed by atoms with Gasteiger partial charge in [0.15, 0.2) is 0 Å². The molecule has 1 aromatic carbocycles. The normalized spacial score (nSPS) is 9.83. The van der Waals surface area contributed by atoms with E-state index < -0.39 is 0 Å². The van der Waals surface area contributed by atoms with Crippen LogP contribution in [0.4, 0.5) is 0 Å². The Kier molecular flexibility index (Phi) is 3.81. The Morgan fingerprint density at radius 3 is 2.89 bits per heavy atom. The first kappa shape index (κ1) is 12.4. The SMILES string of the molecule is Cc1ccc(C#N)cc1OCc1cccc(Cl)n1. The van der Waals surface area contributed by atoms with Crippen molar-refractivity contribution in [2.24, 2.45) is 0 Å². The summed E-state index contributed by atoms with van der Waals surface area (Å²) in [6, 6.07) is 12.8. The van der Waals surface area contributed by atoms with Crippen LogP contribution in [0.15, 0.2) is 36.4 Å². The molecule has 1 heterocycles. The average Bonchev–Trinajstić information content (AvgIpc) is 2.38. The number of benzene rings is 1. The van der Waals surface area contributed by atoms with Crippen molar-refractivity contribution >= 4 is 11.6 Å². The number of hydrogen-bond acceptors (Lipinski definition) is 3. The Morgan fingerprint density at radius 2 is 2.17 bits per heavy atom. The highest BCUT2D eigenvalue weighted by molar-refractivity contribution is 6.29. The van der Waals surface area contributed by atoms with Gasteiger partial charge in [0.1, 0.15) is 17.5 Å². The fraction of sp³-hybridized carbons (Fsp3) is 0.143. The highest BCUT2D eigenvalue weighted by Gasteiger charge is 2.03. The molecule has 0 aliphatic carbocycles. The van der Waals surface area contributed by atoms with Crippen molar-refractivity contribution in [3.63, 3.8) is 0 Å². The van der Waals surface area contributed by atoms with Crippen LogP contribution in [-0.2, 0) is 6.61 Å². The predicted octanol–water partition coefficient (Wildman–Crippen LogP) is 3.49. The Bertz CT molecular complexity index is 605. The van der Waals surface area contributed by atoms with Crippen LogP contribution in [0.1, 0.15) is 16.8 Å². The van der Waals surface area contributed by atoms with Gasteiger partial charge in [-0.1, -0.05) is 23.7 Å². The molecular formula is C14H11ClN2O. The molecule has 0 aliphatic rings. The second-order valence-electron chi connectivity index (χ2n) is 3.83. The molecule has 0 N–H and O–H groups in total. The molecule has 90 valence electrons. The lowest BCUT2D eigenvalue weighted by Gasteiger charge is -2.09. The first-order valence-electron chi connectivity index (χ1n) is 5.44. The van der Waals surface area contributed by atoms with Crippen molar-refractivity contribution in [1.82, 2.24) is 4.98 Å². The third-order valence-electron chi connectivity index (χ3n) is 2.47. The van der Waals surface area contributed by atoms with E-state index in [0.717, 1.165) is 11.3 Å². The molecule has 0 aliphatic heterocycles. The number of ether oxygens (including phenoxy) is 1. The first-order valence-corrected chi connectivity index (χ1v) is 5.82. The number of nitriles is 1. The number of hydrogen-bond donors (Lipinski definition) is 0. The van der Waals surface area contributed by atoms with Crippen molar-refractivity contribution in [1.29, 1.82) is 5.26 Å². The van der Waals surface area contributed by atoms with E-state index in [-0.39, 0.29) is 0 Å². The zero-order valence-electron chi connectivity index (χ0n) is 9.85. The lowest BCUT2D eigenvalue weighted by atomic mass is 10.1. The molecule has 1 aromatic heterocycles. The van der Waals surface area contributed by atoms with Gasteiger partial charge in [-0.15, -0.1) is 0 Å². The summed E-state index contributed by atoms with van der Waals surface area (Å²) >= 11 is 5.80. The number of nitrogens with zero attached hydrogens (tertiary/aromatic N) is 2. The molecule has 3 nitrogen and oxygen atoms in total. The summed E-state index contributed by atoms with van der Waals surface area (Å²) in [6.45, 7) is 2.26. The van der Waals surface area contributed by atoms with Gasteiger partial charge in [0.05, 0.1) is 17.3 Å². The fourth-order valence-corrected chi connectivity index (χ4v) is 1.69. The summed E-state index contributed by atoms with van der Waals surface area (Å²) in [7, 11) is 0. The van der Waals surface area contributed by atoms with Gasteiger partial charge in [0.2, 0.25) is 0 Å². The molecule has 18 heavy (non-hydrogen) atoms. The van der Waals surface area contributed by atoms with E-state index in [9.17, 15) is 0 Å². The van der Waals surface area contributed by atoms with Crippen LogP contribution < -0.4 is 4.74 Å². The topological polar surface area (TPSA) is 45.9 Å². The summed E-state index contributed by atoms with van der Waals surface area (Å²) in [5.74, 6) is 0.691. The van der Waals surface area contributed by atoms with Gasteiger partial charge in [0.25, 0.3) is 0 Å². The highest BCUT2D eigenvalue weighted by Crippen LogP contribution is 2.20. The van der Waals surface area contributed by atoms with E-state index in [1.807, 2.05) is 25.1 Å². The molecule has 0 saturated carbocycles. The van der Waals surface area contributed by atoms with Crippen molar-refractivity contribution in [3.05, 3.63) is 58.4 Å². The third kappa shape index (κ3) is 2.99. The fourth-order valence-electron chi connectivity index (χ4n) is 1.51. The Labute approximate surface area is 111 Å². The van der Waals surface area contributed by atoms with Gasteiger partial charge in [0, 0.05) is 0 Å². The Morgan fingerprint density at radius 1 is 1.33 bits per heavy atom. The minimum atomic E-state index is 0.330. The van der Waals surface area contributed by atoms with E-state index in [1.165, 1.54) is 0 Å². The standard InChI is InChI=1S/C14H11ClN2O/c1-10-5-6-11(8-16)7-13(10)18-9-12-3-2-4-14(15)17-12/h2-7H,9H2,1H3. The van der Waals surface area contributed by atoms with Crippen molar-refractivity contribution in [3.8, 4) is 11.8 Å². The van der Waals surface area contributed by atoms with Gasteiger partial charge in [-0.25, -0.2) is 4.98 Å². The minimum Gasteiger partial charge on any atom is -0.487 e. The van der Waals surface area contributed by atoms with Gasteiger partial charge in [-0.05, 0) is 36.8 Å². The molecule has 0 unspecified atom stereocenters. The van der Waals surface area contributed by atoms with Crippen molar-refractivity contribution in [2.75, 3.05) is 0 Å². The Hall–Kier alpha value is -2.05. The van der Waals surface area contributed by atoms with E-state index in [2.05, 4.69) is 11.1 Å². The molecule has 0 saturated heterocycles. The summed E-state index contributed by atoms with van der Waals surface area (Å²) in [5.41, 5.74) is 2.31. The zero-order chi connectivity index (χ0) is 13.0. The zero-order valence-corrected chi connectivity index (χ0v) is 10.6. The van der Waals surface area contributed by atoms with Crippen LogP contribution in [0, 0.1) is 18.3 Å². The van der Waals surface area contributed by atoms with E-state index in [0.29, 0.717) is 23.1 Å². The number of pyridine rings is 1. The second kappa shape index (κ2) is 5.52. The lowest BCUT2D eigenvalue weighted by Crippen LogP contribution is -1.99. The summed E-state index contributed by atoms with van der Waals surface area (Å²) in [5, 5.41) is 9.28. The number of aromatic nitrogens is 1. The molecule has 2 rings (SSSR count). The molecule has 0 amide bonds. The summed E-state index contributed by atoms with van der Waals surface area (Å²) in [4.78, 5) is 4.14. The largest absolute Gasteiger partial charge is 0.487 e. The summed E-state index contributed by atoms with van der Waals surface area (Å²) < 4.78 is 5.65. The lowest BCUT2D eigenvalue weighted by molar-refractivity contribution is 0.299. The average molecular weight is 259 g/mol. The van der Waals surface area contributed by atoms with Crippen LogP contribution in [0.2, 0.25) is 5.15 Å². The molecule has 0 radical (unpaired) electrons. The van der Waals surface area contributed by atoms with Crippen LogP contribution >= 0.6 is 11.6 Å². The molecule has 4 heteroatoms. The number of aryl methyl sites for hydroxylation is 1. The Balaban J connectivity index is 2.13. The molecule has 0 bridgehead atoms. The molecule has 0 fully saturated rings. The van der Waals surface area contributed by atoms with Crippen molar-refractivity contribution < 1.29 is 4.74 Å². The third-order valence-corrected chi connectivity index (χ3v) is 2.68. The smallest absolute Gasteiger partial charge is 0.130 e. The van der Waals surface area contributed by atoms with Crippen LogP contribution in [0.3, 0.4) is 0 Å². The minimum absolute atomic E-state index is 0.330. The van der Waals surface area contributed by atoms with Gasteiger partial charge in [-0.2, -0.15) is 5.26 Å². The monoisotopic (exact) mass is 258 g/mol. The van der Waals surface area contributed by atoms with Crippen LogP contribution in [-0.4, -0.2) is 4.98 Å². The van der Waals surface area contributed by atoms with E-state index in [1.54, 1.807) is 18.2 Å². The van der Waals surface area contributed by atoms with E-state index >= 15 is 0 Å². The molecule has 0 atom stereocenters. The molecule has 0 spiro atoms. The van der Waals surface area contributed by atoms with Crippen LogP contribution in [0.5, 0.6) is 5.75 Å². The number of rotatable bonds is 3. The van der Waals surface area contributed by atoms with Gasteiger partial charge in [-0.3, -0.25) is 0 Å². The highest BCUT2D eigenvalue weighted by atomic mass is 35.5. The van der Waals surface area contributed by atoms with Crippen LogP contribution in [0.25, 0.3) is 0 Å². The van der Waals surface area contributed by atoms with Gasteiger partial charge < -0.3 is 4.74 Å². The predicted molar refractivity (Wildman–Crippen MR) is 69.5 cm³/mol. The maximum absolute atomic E-state index is 8.84. The molecular weight excluding hydrogens is 248 g/mol. The van der Waals surface area contributed by atoms with E-state index in [4.69, 9.17) is 21.6 Å². The first-order chi connectivity index (χ1) is 8.69. The maximum Gasteiger partial charge on any atom is 0.130 e. The quantitative estimate of drug-likeness (QED) is 0.792. The second-order valence-corrected chi connectivity index (χ2v) is 4.22. The van der Waals surface area contributed by atoms with Crippen molar-refractivity contribution in [2.45, 2.75) is 13.5 Å². The maximum atomic E-state index is 8.84. The molecule has 2 aromatic rings. The van der Waals surface area contributed by atoms with Gasteiger partial charge >= 0.3 is 0 Å². The number of halogens is 1. The summed E-state index contributed by atoms with van der Waals surface area (Å²) in [6.07, 6.45) is 0.